The summed E-state index contributed by atoms with van der Waals surface area (Å²) in [5, 5.41) is 10.8. The predicted molar refractivity (Wildman–Crippen MR) is 89.6 cm³/mol. The molecule has 0 fully saturated rings. The van der Waals surface area contributed by atoms with Gasteiger partial charge >= 0.3 is 5.97 Å². The van der Waals surface area contributed by atoms with Crippen molar-refractivity contribution in [3.05, 3.63) is 0 Å². The first-order valence-electron chi connectivity index (χ1n) is 8.83. The van der Waals surface area contributed by atoms with Gasteiger partial charge in [-0.25, -0.2) is 0 Å². The Morgan fingerprint density at radius 2 is 1.70 bits per heavy atom. The molecule has 0 aromatic heterocycles. The molecule has 0 aromatic carbocycles. The van der Waals surface area contributed by atoms with Crippen molar-refractivity contribution < 1.29 is 23.9 Å². The molecule has 0 saturated carbocycles. The molecule has 5 heteroatoms. The summed E-state index contributed by atoms with van der Waals surface area (Å²) in [5.74, 6) is -0.856. The van der Waals surface area contributed by atoms with Crippen molar-refractivity contribution in [2.24, 2.45) is 5.92 Å². The molecular formula is C18H35NO4. The van der Waals surface area contributed by atoms with Crippen LogP contribution >= 0.6 is 0 Å². The monoisotopic (exact) mass is 329 g/mol. The van der Waals surface area contributed by atoms with E-state index in [-0.39, 0.29) is 12.4 Å². The quantitative estimate of drug-likeness (QED) is 0.295. The molecule has 136 valence electrons. The highest BCUT2D eigenvalue weighted by Crippen LogP contribution is 2.16. The van der Waals surface area contributed by atoms with Crippen molar-refractivity contribution >= 4 is 11.9 Å². The van der Waals surface area contributed by atoms with Crippen LogP contribution in [-0.2, 0) is 14.3 Å². The van der Waals surface area contributed by atoms with Crippen LogP contribution in [0.2, 0.25) is 0 Å². The van der Waals surface area contributed by atoms with Gasteiger partial charge in [0.25, 0.3) is 0 Å². The molecule has 0 bridgehead atoms. The number of unbranched alkanes of at least 4 members (excludes halogenated alkanes) is 2. The lowest BCUT2D eigenvalue weighted by molar-refractivity contribution is -0.873. The number of hydrogen-bond acceptors (Lipinski definition) is 4. The highest BCUT2D eigenvalue weighted by atomic mass is 16.5. The Kier molecular flexibility index (Phi) is 10.9. The second-order valence-corrected chi connectivity index (χ2v) is 7.65. The summed E-state index contributed by atoms with van der Waals surface area (Å²) >= 11 is 0. The van der Waals surface area contributed by atoms with Gasteiger partial charge in [-0.3, -0.25) is 4.79 Å². The Morgan fingerprint density at radius 3 is 2.22 bits per heavy atom. The van der Waals surface area contributed by atoms with Crippen LogP contribution < -0.4 is 5.11 Å². The molecule has 0 saturated heterocycles. The van der Waals surface area contributed by atoms with E-state index < -0.39 is 12.1 Å². The number of carbonyl (C=O) groups excluding carboxylic acids is 2. The summed E-state index contributed by atoms with van der Waals surface area (Å²) in [6.07, 6.45) is 6.26. The molecule has 2 unspecified atom stereocenters. The summed E-state index contributed by atoms with van der Waals surface area (Å²) in [6.45, 7) is 4.88. The average Bonchev–Trinajstić information content (AvgIpc) is 2.35. The topological polar surface area (TPSA) is 66.4 Å². The molecule has 0 rings (SSSR count). The van der Waals surface area contributed by atoms with Gasteiger partial charge < -0.3 is 19.1 Å². The normalized spacial score (nSPS) is 14.3. The number of ether oxygens (including phenoxy) is 1. The minimum Gasteiger partial charge on any atom is -0.550 e. The van der Waals surface area contributed by atoms with Crippen molar-refractivity contribution in [2.45, 2.75) is 71.3 Å². The number of aliphatic carboxylic acids is 1. The number of nitrogens with zero attached hydrogens (tertiary/aromatic N) is 1. The number of likely N-dealkylation sites (N-methyl/N-ethyl adjacent to an activating group) is 1. The maximum absolute atomic E-state index is 11.9. The molecule has 0 N–H and O–H groups in total. The molecule has 0 amide bonds. The van der Waals surface area contributed by atoms with Crippen LogP contribution in [0.15, 0.2) is 0 Å². The van der Waals surface area contributed by atoms with E-state index in [0.717, 1.165) is 12.8 Å². The second kappa shape index (κ2) is 11.4. The number of quaternary nitrogens is 1. The summed E-state index contributed by atoms with van der Waals surface area (Å²) in [5.41, 5.74) is 0. The first kappa shape index (κ1) is 21.9. The lowest BCUT2D eigenvalue weighted by Crippen LogP contribution is -2.45. The number of esters is 1. The van der Waals surface area contributed by atoms with Gasteiger partial charge in [0.1, 0.15) is 6.54 Å². The van der Waals surface area contributed by atoms with Crippen LogP contribution in [0.1, 0.15) is 65.2 Å². The van der Waals surface area contributed by atoms with E-state index in [1.54, 1.807) is 0 Å². The van der Waals surface area contributed by atoms with Gasteiger partial charge in [0.15, 0.2) is 6.10 Å². The average molecular weight is 329 g/mol. The van der Waals surface area contributed by atoms with E-state index in [1.807, 2.05) is 21.1 Å². The number of carbonyl (C=O) groups is 2. The first-order valence-corrected chi connectivity index (χ1v) is 8.83. The van der Waals surface area contributed by atoms with Gasteiger partial charge in [-0.1, -0.05) is 46.0 Å². The standard InChI is InChI=1S/C18H35NO4/c1-6-7-8-10-15(2)11-9-12-18(22)23-16(13-17(20)21)14-19(3,4)5/h15-16H,6-14H2,1-5H3. The molecule has 0 aliphatic heterocycles. The van der Waals surface area contributed by atoms with Crippen LogP contribution in [0.25, 0.3) is 0 Å². The Balaban J connectivity index is 4.09. The van der Waals surface area contributed by atoms with Gasteiger partial charge in [-0.2, -0.15) is 0 Å². The lowest BCUT2D eigenvalue weighted by Gasteiger charge is -2.29. The number of carboxylic acids is 1. The van der Waals surface area contributed by atoms with Crippen LogP contribution in [0.5, 0.6) is 0 Å². The molecular weight excluding hydrogens is 294 g/mol. The predicted octanol–water partition coefficient (Wildman–Crippen LogP) is 2.13. The molecule has 23 heavy (non-hydrogen) atoms. The summed E-state index contributed by atoms with van der Waals surface area (Å²) in [4.78, 5) is 22.7. The van der Waals surface area contributed by atoms with Crippen molar-refractivity contribution in [3.63, 3.8) is 0 Å². The minimum atomic E-state index is -1.18. The van der Waals surface area contributed by atoms with Crippen LogP contribution in [0.4, 0.5) is 0 Å². The van der Waals surface area contributed by atoms with Gasteiger partial charge in [-0.15, -0.1) is 0 Å². The maximum atomic E-state index is 11.9. The van der Waals surface area contributed by atoms with Crippen LogP contribution in [0.3, 0.4) is 0 Å². The molecule has 0 aliphatic rings. The smallest absolute Gasteiger partial charge is 0.306 e. The Labute approximate surface area is 141 Å². The van der Waals surface area contributed by atoms with Crippen LogP contribution in [0, 0.1) is 5.92 Å². The molecule has 0 aliphatic carbocycles. The van der Waals surface area contributed by atoms with Crippen molar-refractivity contribution in [2.75, 3.05) is 27.7 Å². The number of rotatable bonds is 13. The lowest BCUT2D eigenvalue weighted by atomic mass is 9.97. The van der Waals surface area contributed by atoms with Gasteiger partial charge in [0.05, 0.1) is 21.1 Å². The van der Waals surface area contributed by atoms with Crippen LogP contribution in [-0.4, -0.2) is 50.2 Å². The Bertz CT molecular complexity index is 349. The fourth-order valence-electron chi connectivity index (χ4n) is 2.67. The van der Waals surface area contributed by atoms with Gasteiger partial charge in [0, 0.05) is 18.8 Å². The molecule has 0 spiro atoms. The fraction of sp³-hybridized carbons (Fsp3) is 0.889. The third-order valence-corrected chi connectivity index (χ3v) is 3.82. The molecule has 0 aromatic rings. The number of hydrogen-bond donors (Lipinski definition) is 0. The first-order chi connectivity index (χ1) is 10.6. The molecule has 2 atom stereocenters. The van der Waals surface area contributed by atoms with Crippen molar-refractivity contribution in [1.29, 1.82) is 0 Å². The highest BCUT2D eigenvalue weighted by Gasteiger charge is 2.22. The summed E-state index contributed by atoms with van der Waals surface area (Å²) in [6, 6.07) is 0. The van der Waals surface area contributed by atoms with Crippen molar-refractivity contribution in [3.8, 4) is 0 Å². The van der Waals surface area contributed by atoms with Crippen molar-refractivity contribution in [1.82, 2.24) is 0 Å². The highest BCUT2D eigenvalue weighted by molar-refractivity contribution is 5.70. The molecule has 5 nitrogen and oxygen atoms in total. The third-order valence-electron chi connectivity index (χ3n) is 3.82. The Morgan fingerprint density at radius 1 is 1.09 bits per heavy atom. The van der Waals surface area contributed by atoms with Gasteiger partial charge in [0.2, 0.25) is 0 Å². The number of carboxylic acid groups (broad SMARTS) is 1. The Hall–Kier alpha value is -1.10. The second-order valence-electron chi connectivity index (χ2n) is 7.65. The van der Waals surface area contributed by atoms with E-state index in [1.165, 1.54) is 25.7 Å². The third kappa shape index (κ3) is 14.2. The van der Waals surface area contributed by atoms with E-state index in [0.29, 0.717) is 23.4 Å². The largest absolute Gasteiger partial charge is 0.550 e. The maximum Gasteiger partial charge on any atom is 0.306 e. The zero-order valence-corrected chi connectivity index (χ0v) is 15.6. The van der Waals surface area contributed by atoms with Gasteiger partial charge in [-0.05, 0) is 12.3 Å². The zero-order chi connectivity index (χ0) is 17.9. The molecule has 0 radical (unpaired) electrons. The summed E-state index contributed by atoms with van der Waals surface area (Å²) in [7, 11) is 5.82. The van der Waals surface area contributed by atoms with E-state index >= 15 is 0 Å². The molecule has 0 heterocycles. The van der Waals surface area contributed by atoms with E-state index in [9.17, 15) is 14.7 Å². The van der Waals surface area contributed by atoms with E-state index in [4.69, 9.17) is 4.74 Å². The fourth-order valence-corrected chi connectivity index (χ4v) is 2.67. The minimum absolute atomic E-state index is 0.241. The summed E-state index contributed by atoms with van der Waals surface area (Å²) < 4.78 is 5.88. The SMILES string of the molecule is CCCCCC(C)CCCC(=O)OC(CC(=O)[O-])C[N+](C)(C)C. The van der Waals surface area contributed by atoms with E-state index in [2.05, 4.69) is 13.8 Å². The zero-order valence-electron chi connectivity index (χ0n) is 15.6.